The van der Waals surface area contributed by atoms with E-state index in [1.807, 2.05) is 13.8 Å². The van der Waals surface area contributed by atoms with Crippen molar-refractivity contribution < 1.29 is 18.4 Å². The van der Waals surface area contributed by atoms with Crippen molar-refractivity contribution in [1.82, 2.24) is 5.32 Å². The highest BCUT2D eigenvalue weighted by Gasteiger charge is 2.41. The average molecular weight is 296 g/mol. The lowest BCUT2D eigenvalue weighted by Gasteiger charge is -2.39. The smallest absolute Gasteiger partial charge is 0.250 e. The third-order valence-electron chi connectivity index (χ3n) is 3.91. The highest BCUT2D eigenvalue weighted by molar-refractivity contribution is 6.08. The maximum Gasteiger partial charge on any atom is 0.250 e. The number of hydrogen-bond donors (Lipinski definition) is 1. The van der Waals surface area contributed by atoms with Crippen molar-refractivity contribution >= 4 is 17.5 Å². The van der Waals surface area contributed by atoms with E-state index < -0.39 is 23.7 Å². The molecule has 0 spiro atoms. The van der Waals surface area contributed by atoms with E-state index in [-0.39, 0.29) is 23.4 Å². The fourth-order valence-corrected chi connectivity index (χ4v) is 2.44. The zero-order valence-corrected chi connectivity index (χ0v) is 12.2. The Morgan fingerprint density at radius 2 is 1.81 bits per heavy atom. The Labute approximate surface area is 122 Å². The van der Waals surface area contributed by atoms with Gasteiger partial charge in [0.25, 0.3) is 5.91 Å². The van der Waals surface area contributed by atoms with Crippen LogP contribution in [0.5, 0.6) is 0 Å². The van der Waals surface area contributed by atoms with Gasteiger partial charge in [0.1, 0.15) is 23.7 Å². The van der Waals surface area contributed by atoms with Crippen molar-refractivity contribution in [2.24, 2.45) is 5.92 Å². The van der Waals surface area contributed by atoms with Gasteiger partial charge in [0, 0.05) is 6.07 Å². The fourth-order valence-electron chi connectivity index (χ4n) is 2.44. The number of nitrogens with zero attached hydrogens (tertiary/aromatic N) is 1. The number of anilines is 1. The van der Waals surface area contributed by atoms with E-state index in [9.17, 15) is 18.4 Å². The molecule has 21 heavy (non-hydrogen) atoms. The first-order valence-corrected chi connectivity index (χ1v) is 6.94. The third-order valence-corrected chi connectivity index (χ3v) is 3.91. The molecular weight excluding hydrogens is 278 g/mol. The molecule has 1 aromatic carbocycles. The number of carbonyl (C=O) groups is 2. The van der Waals surface area contributed by atoms with Crippen LogP contribution < -0.4 is 10.2 Å². The number of benzene rings is 1. The van der Waals surface area contributed by atoms with Gasteiger partial charge in [-0.2, -0.15) is 0 Å². The Balaban J connectivity index is 2.43. The summed E-state index contributed by atoms with van der Waals surface area (Å²) in [5.41, 5.74) is 0.0631. The van der Waals surface area contributed by atoms with Crippen LogP contribution >= 0.6 is 0 Å². The molecule has 0 radical (unpaired) electrons. The molecule has 0 bridgehead atoms. The molecule has 4 nitrogen and oxygen atoms in total. The second-order valence-corrected chi connectivity index (χ2v) is 5.38. The normalized spacial score (nSPS) is 24.0. The van der Waals surface area contributed by atoms with E-state index >= 15 is 0 Å². The molecule has 1 aromatic rings. The molecular formula is C15H18F2N2O2. The van der Waals surface area contributed by atoms with E-state index in [1.54, 1.807) is 0 Å². The lowest BCUT2D eigenvalue weighted by atomic mass is 9.94. The molecule has 1 aliphatic heterocycles. The second kappa shape index (κ2) is 5.79. The van der Waals surface area contributed by atoms with Gasteiger partial charge in [-0.25, -0.2) is 8.78 Å². The van der Waals surface area contributed by atoms with Gasteiger partial charge in [0.15, 0.2) is 0 Å². The summed E-state index contributed by atoms with van der Waals surface area (Å²) in [7, 11) is 0. The standard InChI is InChI=1S/C15H18F2N2O2/c1-4-8(2)13-15(21)19(9(3)14(20)18-13)12-6-10(16)5-11(17)7-12/h5-9,13H,4H2,1-3H3,(H,18,20). The predicted molar refractivity (Wildman–Crippen MR) is 74.7 cm³/mol. The Bertz CT molecular complexity index is 557. The zero-order chi connectivity index (χ0) is 15.7. The molecule has 1 saturated heterocycles. The molecule has 6 heteroatoms. The summed E-state index contributed by atoms with van der Waals surface area (Å²) in [5.74, 6) is -2.30. The molecule has 3 unspecified atom stereocenters. The summed E-state index contributed by atoms with van der Waals surface area (Å²) in [6.45, 7) is 5.29. The van der Waals surface area contributed by atoms with Crippen molar-refractivity contribution in [1.29, 1.82) is 0 Å². The van der Waals surface area contributed by atoms with E-state index in [0.29, 0.717) is 6.42 Å². The maximum atomic E-state index is 13.4. The molecule has 114 valence electrons. The van der Waals surface area contributed by atoms with Gasteiger partial charge in [-0.05, 0) is 25.0 Å². The maximum absolute atomic E-state index is 13.4. The highest BCUT2D eigenvalue weighted by Crippen LogP contribution is 2.26. The monoisotopic (exact) mass is 296 g/mol. The van der Waals surface area contributed by atoms with Crippen LogP contribution in [0.4, 0.5) is 14.5 Å². The molecule has 0 saturated carbocycles. The Morgan fingerprint density at radius 3 is 2.33 bits per heavy atom. The minimum atomic E-state index is -0.806. The number of rotatable bonds is 3. The summed E-state index contributed by atoms with van der Waals surface area (Å²) in [5, 5.41) is 2.68. The van der Waals surface area contributed by atoms with Crippen LogP contribution in [0.25, 0.3) is 0 Å². The van der Waals surface area contributed by atoms with Gasteiger partial charge in [0.05, 0.1) is 5.69 Å². The minimum Gasteiger partial charge on any atom is -0.342 e. The van der Waals surface area contributed by atoms with Gasteiger partial charge < -0.3 is 5.32 Å². The van der Waals surface area contributed by atoms with Crippen LogP contribution in [0, 0.1) is 17.6 Å². The topological polar surface area (TPSA) is 49.4 Å². The van der Waals surface area contributed by atoms with E-state index in [0.717, 1.165) is 18.2 Å². The molecule has 3 atom stereocenters. The van der Waals surface area contributed by atoms with Crippen LogP contribution in [0.1, 0.15) is 27.2 Å². The summed E-state index contributed by atoms with van der Waals surface area (Å²) < 4.78 is 26.8. The van der Waals surface area contributed by atoms with Crippen molar-refractivity contribution in [3.05, 3.63) is 29.8 Å². The van der Waals surface area contributed by atoms with E-state index in [4.69, 9.17) is 0 Å². The number of hydrogen-bond acceptors (Lipinski definition) is 2. The Morgan fingerprint density at radius 1 is 1.24 bits per heavy atom. The SMILES string of the molecule is CCC(C)C1NC(=O)C(C)N(c2cc(F)cc(F)c2)C1=O. The first-order valence-electron chi connectivity index (χ1n) is 6.94. The molecule has 2 rings (SSSR count). The van der Waals surface area contributed by atoms with Gasteiger partial charge >= 0.3 is 0 Å². The zero-order valence-electron chi connectivity index (χ0n) is 12.2. The highest BCUT2D eigenvalue weighted by atomic mass is 19.1. The number of nitrogens with one attached hydrogen (secondary N) is 1. The summed E-state index contributed by atoms with van der Waals surface area (Å²) in [4.78, 5) is 25.8. The van der Waals surface area contributed by atoms with E-state index in [2.05, 4.69) is 5.32 Å². The number of piperazine rings is 1. The Hall–Kier alpha value is -1.98. The summed E-state index contributed by atoms with van der Waals surface area (Å²) in [6.07, 6.45) is 0.705. The molecule has 1 aliphatic rings. The van der Waals surface area contributed by atoms with Gasteiger partial charge in [-0.15, -0.1) is 0 Å². The molecule has 1 heterocycles. The first kappa shape index (κ1) is 15.4. The number of amides is 2. The third kappa shape index (κ3) is 2.89. The van der Waals surface area contributed by atoms with Gasteiger partial charge in [-0.1, -0.05) is 20.3 Å². The van der Waals surface area contributed by atoms with Crippen LogP contribution in [0.15, 0.2) is 18.2 Å². The average Bonchev–Trinajstić information content (AvgIpc) is 2.41. The Kier molecular flexibility index (Phi) is 4.25. The minimum absolute atomic E-state index is 0.0603. The number of halogens is 2. The van der Waals surface area contributed by atoms with Crippen molar-refractivity contribution in [2.45, 2.75) is 39.3 Å². The van der Waals surface area contributed by atoms with Crippen LogP contribution in [-0.2, 0) is 9.59 Å². The molecule has 1 N–H and O–H groups in total. The first-order chi connectivity index (χ1) is 9.85. The van der Waals surface area contributed by atoms with Crippen molar-refractivity contribution in [2.75, 3.05) is 4.90 Å². The fraction of sp³-hybridized carbons (Fsp3) is 0.467. The summed E-state index contributed by atoms with van der Waals surface area (Å²) in [6, 6.07) is 1.37. The molecule has 1 fully saturated rings. The molecule has 0 aliphatic carbocycles. The van der Waals surface area contributed by atoms with Crippen LogP contribution in [0.3, 0.4) is 0 Å². The lowest BCUT2D eigenvalue weighted by Crippen LogP contribution is -2.64. The molecule has 2 amide bonds. The van der Waals surface area contributed by atoms with Crippen molar-refractivity contribution in [3.63, 3.8) is 0 Å². The quantitative estimate of drug-likeness (QED) is 0.930. The van der Waals surface area contributed by atoms with Crippen LogP contribution in [-0.4, -0.2) is 23.9 Å². The largest absolute Gasteiger partial charge is 0.342 e. The molecule has 0 aromatic heterocycles. The van der Waals surface area contributed by atoms with Crippen molar-refractivity contribution in [3.8, 4) is 0 Å². The van der Waals surface area contributed by atoms with E-state index in [1.165, 1.54) is 11.8 Å². The number of carbonyl (C=O) groups excluding carboxylic acids is 2. The van der Waals surface area contributed by atoms with Gasteiger partial charge in [-0.3, -0.25) is 14.5 Å². The van der Waals surface area contributed by atoms with Gasteiger partial charge in [0.2, 0.25) is 5.91 Å². The second-order valence-electron chi connectivity index (χ2n) is 5.38. The summed E-state index contributed by atoms with van der Waals surface area (Å²) >= 11 is 0. The van der Waals surface area contributed by atoms with Crippen LogP contribution in [0.2, 0.25) is 0 Å². The lowest BCUT2D eigenvalue weighted by molar-refractivity contribution is -0.134. The predicted octanol–water partition coefficient (Wildman–Crippen LogP) is 2.23.